The lowest BCUT2D eigenvalue weighted by Crippen LogP contribution is -2.16. The van der Waals surface area contributed by atoms with Crippen molar-refractivity contribution in [2.24, 2.45) is 0 Å². The summed E-state index contributed by atoms with van der Waals surface area (Å²) >= 11 is 3.20. The lowest BCUT2D eigenvalue weighted by Gasteiger charge is -2.08. The van der Waals surface area contributed by atoms with E-state index >= 15 is 0 Å². The molecule has 112 valence electrons. The SMILES string of the molecule is CCOC(=O)c1cn[nH]c1NS(=O)(=O)c1cccc(Br)c1. The molecule has 0 spiro atoms. The second kappa shape index (κ2) is 6.27. The van der Waals surface area contributed by atoms with Gasteiger partial charge in [-0.2, -0.15) is 5.10 Å². The van der Waals surface area contributed by atoms with Crippen LogP contribution >= 0.6 is 15.9 Å². The molecule has 0 unspecified atom stereocenters. The molecule has 0 aliphatic heterocycles. The third kappa shape index (κ3) is 3.61. The van der Waals surface area contributed by atoms with E-state index < -0.39 is 16.0 Å². The number of hydrogen-bond donors (Lipinski definition) is 2. The van der Waals surface area contributed by atoms with Gasteiger partial charge in [0.1, 0.15) is 11.4 Å². The van der Waals surface area contributed by atoms with Crippen molar-refractivity contribution in [2.75, 3.05) is 11.3 Å². The summed E-state index contributed by atoms with van der Waals surface area (Å²) in [6.07, 6.45) is 1.21. The minimum atomic E-state index is -3.84. The zero-order valence-electron chi connectivity index (χ0n) is 11.0. The van der Waals surface area contributed by atoms with E-state index in [0.29, 0.717) is 4.47 Å². The van der Waals surface area contributed by atoms with Crippen molar-refractivity contribution in [1.82, 2.24) is 10.2 Å². The van der Waals surface area contributed by atoms with Gasteiger partial charge in [-0.05, 0) is 25.1 Å². The topological polar surface area (TPSA) is 101 Å². The number of H-pyrrole nitrogens is 1. The Labute approximate surface area is 129 Å². The molecule has 0 aliphatic rings. The van der Waals surface area contributed by atoms with Crippen LogP contribution in [0.4, 0.5) is 5.82 Å². The molecule has 0 atom stereocenters. The summed E-state index contributed by atoms with van der Waals surface area (Å²) in [4.78, 5) is 11.7. The molecule has 1 aromatic heterocycles. The summed E-state index contributed by atoms with van der Waals surface area (Å²) < 4.78 is 32.2. The van der Waals surface area contributed by atoms with Crippen LogP contribution in [0, 0.1) is 0 Å². The molecule has 0 fully saturated rings. The van der Waals surface area contributed by atoms with Crippen molar-refractivity contribution in [3.05, 3.63) is 40.5 Å². The highest BCUT2D eigenvalue weighted by molar-refractivity contribution is 9.10. The molecule has 2 aromatic rings. The fourth-order valence-corrected chi connectivity index (χ4v) is 3.19. The van der Waals surface area contributed by atoms with Crippen LogP contribution in [0.1, 0.15) is 17.3 Å². The monoisotopic (exact) mass is 373 g/mol. The Bertz CT molecular complexity index is 757. The van der Waals surface area contributed by atoms with Crippen molar-refractivity contribution < 1.29 is 17.9 Å². The van der Waals surface area contributed by atoms with Crippen molar-refractivity contribution >= 4 is 37.7 Å². The molecule has 1 aromatic carbocycles. The van der Waals surface area contributed by atoms with Gasteiger partial charge in [0, 0.05) is 4.47 Å². The van der Waals surface area contributed by atoms with Crippen LogP contribution in [0.15, 0.2) is 39.8 Å². The van der Waals surface area contributed by atoms with Gasteiger partial charge >= 0.3 is 5.97 Å². The number of hydrogen-bond acceptors (Lipinski definition) is 5. The second-order valence-corrected chi connectivity index (χ2v) is 6.54. The van der Waals surface area contributed by atoms with Crippen LogP contribution < -0.4 is 4.72 Å². The number of rotatable bonds is 5. The van der Waals surface area contributed by atoms with Gasteiger partial charge in [0.15, 0.2) is 0 Å². The molecule has 2 N–H and O–H groups in total. The zero-order valence-corrected chi connectivity index (χ0v) is 13.4. The second-order valence-electron chi connectivity index (χ2n) is 3.94. The van der Waals surface area contributed by atoms with E-state index in [2.05, 4.69) is 30.8 Å². The first-order valence-electron chi connectivity index (χ1n) is 5.93. The summed E-state index contributed by atoms with van der Waals surface area (Å²) in [5.74, 6) is -0.688. The molecular weight excluding hydrogens is 362 g/mol. The Hall–Kier alpha value is -1.87. The molecule has 0 saturated heterocycles. The summed E-state index contributed by atoms with van der Waals surface area (Å²) in [5.41, 5.74) is 0.0235. The number of carbonyl (C=O) groups is 1. The highest BCUT2D eigenvalue weighted by Crippen LogP contribution is 2.20. The largest absolute Gasteiger partial charge is 0.462 e. The maximum atomic E-state index is 12.3. The Morgan fingerprint density at radius 2 is 2.24 bits per heavy atom. The molecule has 2 rings (SSSR count). The number of anilines is 1. The van der Waals surface area contributed by atoms with E-state index in [-0.39, 0.29) is 22.9 Å². The van der Waals surface area contributed by atoms with Crippen molar-refractivity contribution in [2.45, 2.75) is 11.8 Å². The zero-order chi connectivity index (χ0) is 15.5. The Kier molecular flexibility index (Phi) is 4.63. The molecule has 0 aliphatic carbocycles. The third-order valence-corrected chi connectivity index (χ3v) is 4.32. The fourth-order valence-electron chi connectivity index (χ4n) is 1.56. The number of ether oxygens (including phenoxy) is 1. The van der Waals surface area contributed by atoms with Crippen LogP contribution in [-0.2, 0) is 14.8 Å². The third-order valence-electron chi connectivity index (χ3n) is 2.48. The number of benzene rings is 1. The van der Waals surface area contributed by atoms with E-state index in [1.807, 2.05) is 0 Å². The highest BCUT2D eigenvalue weighted by Gasteiger charge is 2.21. The predicted octanol–water partition coefficient (Wildman–Crippen LogP) is 2.15. The van der Waals surface area contributed by atoms with Crippen molar-refractivity contribution in [3.8, 4) is 0 Å². The summed E-state index contributed by atoms with van der Waals surface area (Å²) in [6, 6.07) is 6.19. The van der Waals surface area contributed by atoms with Crippen LogP contribution in [0.2, 0.25) is 0 Å². The average Bonchev–Trinajstić information content (AvgIpc) is 2.86. The molecule has 7 nitrogen and oxygen atoms in total. The van der Waals surface area contributed by atoms with E-state index in [0.717, 1.165) is 0 Å². The van der Waals surface area contributed by atoms with Crippen LogP contribution in [0.5, 0.6) is 0 Å². The molecule has 0 saturated carbocycles. The number of sulfonamides is 1. The van der Waals surface area contributed by atoms with Gasteiger partial charge in [-0.1, -0.05) is 22.0 Å². The standard InChI is InChI=1S/C12H12BrN3O4S/c1-2-20-12(17)10-7-14-15-11(10)16-21(18,19)9-5-3-4-8(13)6-9/h3-7H,2H2,1H3,(H2,14,15,16). The smallest absolute Gasteiger partial charge is 0.343 e. The van der Waals surface area contributed by atoms with E-state index in [9.17, 15) is 13.2 Å². The molecule has 21 heavy (non-hydrogen) atoms. The van der Waals surface area contributed by atoms with Crippen molar-refractivity contribution in [1.29, 1.82) is 0 Å². The summed E-state index contributed by atoms with van der Waals surface area (Å²) in [6.45, 7) is 1.84. The Morgan fingerprint density at radius 3 is 2.90 bits per heavy atom. The van der Waals surface area contributed by atoms with Gasteiger partial charge in [-0.15, -0.1) is 0 Å². The highest BCUT2D eigenvalue weighted by atomic mass is 79.9. The van der Waals surface area contributed by atoms with Crippen LogP contribution in [0.3, 0.4) is 0 Å². The number of halogens is 1. The predicted molar refractivity (Wildman–Crippen MR) is 79.5 cm³/mol. The number of carbonyl (C=O) groups excluding carboxylic acids is 1. The number of nitrogens with zero attached hydrogens (tertiary/aromatic N) is 1. The first kappa shape index (κ1) is 15.5. The molecular formula is C12H12BrN3O4S. The number of nitrogens with one attached hydrogen (secondary N) is 2. The van der Waals surface area contributed by atoms with E-state index in [1.165, 1.54) is 18.3 Å². The molecule has 0 bridgehead atoms. The molecule has 1 heterocycles. The summed E-state index contributed by atoms with van der Waals surface area (Å²) in [7, 11) is -3.84. The quantitative estimate of drug-likeness (QED) is 0.781. The van der Waals surface area contributed by atoms with Crippen LogP contribution in [0.25, 0.3) is 0 Å². The number of aromatic amines is 1. The van der Waals surface area contributed by atoms with Gasteiger partial charge in [0.2, 0.25) is 0 Å². The molecule has 9 heteroatoms. The van der Waals surface area contributed by atoms with E-state index in [1.54, 1.807) is 19.1 Å². The van der Waals surface area contributed by atoms with Crippen LogP contribution in [-0.4, -0.2) is 31.2 Å². The first-order chi connectivity index (χ1) is 9.94. The maximum Gasteiger partial charge on any atom is 0.343 e. The van der Waals surface area contributed by atoms with Gasteiger partial charge in [0.05, 0.1) is 17.7 Å². The lowest BCUT2D eigenvalue weighted by molar-refractivity contribution is 0.0527. The lowest BCUT2D eigenvalue weighted by atomic mass is 10.3. The van der Waals surface area contributed by atoms with Gasteiger partial charge in [0.25, 0.3) is 10.0 Å². The number of aromatic nitrogens is 2. The summed E-state index contributed by atoms with van der Waals surface area (Å²) in [5, 5.41) is 6.09. The van der Waals surface area contributed by atoms with Gasteiger partial charge in [-0.25, -0.2) is 13.2 Å². The minimum Gasteiger partial charge on any atom is -0.462 e. The normalized spacial score (nSPS) is 11.1. The average molecular weight is 374 g/mol. The van der Waals surface area contributed by atoms with Gasteiger partial charge < -0.3 is 4.74 Å². The fraction of sp³-hybridized carbons (Fsp3) is 0.167. The first-order valence-corrected chi connectivity index (χ1v) is 8.20. The molecule has 0 amide bonds. The minimum absolute atomic E-state index is 0.0235. The number of esters is 1. The molecule has 0 radical (unpaired) electrons. The van der Waals surface area contributed by atoms with E-state index in [4.69, 9.17) is 4.74 Å². The Balaban J connectivity index is 2.30. The van der Waals surface area contributed by atoms with Crippen molar-refractivity contribution in [3.63, 3.8) is 0 Å². The maximum absolute atomic E-state index is 12.3. The van der Waals surface area contributed by atoms with Gasteiger partial charge in [-0.3, -0.25) is 9.82 Å². The Morgan fingerprint density at radius 1 is 1.48 bits per heavy atom.